The number of hydrogen-bond donors (Lipinski definition) is 1. The van der Waals surface area contributed by atoms with Gasteiger partial charge in [-0.2, -0.15) is 0 Å². The van der Waals surface area contributed by atoms with Crippen LogP contribution in [0.4, 0.5) is 11.4 Å². The minimum atomic E-state index is -3.89. The second-order valence-corrected chi connectivity index (χ2v) is 8.45. The minimum Gasteiger partial charge on any atom is -0.495 e. The number of carbonyl (C=O) groups is 1. The zero-order chi connectivity index (χ0) is 20.5. The molecule has 0 bridgehead atoms. The molecule has 0 unspecified atom stereocenters. The number of methoxy groups -OCH3 is 2. The average molecular weight is 425 g/mol. The molecule has 7 nitrogen and oxygen atoms in total. The quantitative estimate of drug-likeness (QED) is 0.794. The summed E-state index contributed by atoms with van der Waals surface area (Å²) in [6.45, 7) is 2.13. The van der Waals surface area contributed by atoms with Crippen molar-refractivity contribution in [3.63, 3.8) is 0 Å². The van der Waals surface area contributed by atoms with E-state index in [-0.39, 0.29) is 22.2 Å². The fourth-order valence-corrected chi connectivity index (χ4v) is 4.55. The standard InChI is InChI=1S/C19H21ClN2O5S/c1-12(23)22-8-4-5-13-9-14(6-7-17(13)22)28(24,25)21-16-11-18(26-2)15(20)10-19(16)27-3/h6-7,9-11,21H,4-5,8H2,1-3H3. The van der Waals surface area contributed by atoms with Crippen LogP contribution < -0.4 is 19.1 Å². The number of anilines is 2. The van der Waals surface area contributed by atoms with E-state index in [2.05, 4.69) is 4.72 Å². The molecule has 9 heteroatoms. The van der Waals surface area contributed by atoms with E-state index < -0.39 is 10.0 Å². The van der Waals surface area contributed by atoms with Crippen molar-refractivity contribution >= 4 is 38.9 Å². The van der Waals surface area contributed by atoms with Gasteiger partial charge in [-0.1, -0.05) is 11.6 Å². The molecular formula is C19H21ClN2O5S. The number of halogens is 1. The van der Waals surface area contributed by atoms with Gasteiger partial charge in [-0.15, -0.1) is 0 Å². The summed E-state index contributed by atoms with van der Waals surface area (Å²) in [5, 5.41) is 0.306. The summed E-state index contributed by atoms with van der Waals surface area (Å²) < 4.78 is 38.8. The van der Waals surface area contributed by atoms with Crippen molar-refractivity contribution in [2.24, 2.45) is 0 Å². The summed E-state index contributed by atoms with van der Waals surface area (Å²) in [4.78, 5) is 13.6. The molecule has 0 saturated heterocycles. The van der Waals surface area contributed by atoms with Crippen LogP contribution in [0.15, 0.2) is 35.2 Å². The Balaban J connectivity index is 1.97. The maximum atomic E-state index is 12.9. The van der Waals surface area contributed by atoms with Gasteiger partial charge >= 0.3 is 0 Å². The number of nitrogens with one attached hydrogen (secondary N) is 1. The molecule has 28 heavy (non-hydrogen) atoms. The van der Waals surface area contributed by atoms with E-state index in [0.717, 1.165) is 17.7 Å². The molecule has 1 amide bonds. The number of carbonyl (C=O) groups excluding carboxylic acids is 1. The van der Waals surface area contributed by atoms with E-state index in [0.29, 0.717) is 23.7 Å². The first-order valence-corrected chi connectivity index (χ1v) is 10.5. The molecule has 1 aliphatic rings. The highest BCUT2D eigenvalue weighted by atomic mass is 35.5. The highest BCUT2D eigenvalue weighted by molar-refractivity contribution is 7.92. The molecule has 0 aromatic heterocycles. The molecular weight excluding hydrogens is 404 g/mol. The van der Waals surface area contributed by atoms with E-state index in [1.54, 1.807) is 17.0 Å². The van der Waals surface area contributed by atoms with Gasteiger partial charge in [0.1, 0.15) is 11.5 Å². The fourth-order valence-electron chi connectivity index (χ4n) is 3.21. The number of benzene rings is 2. The van der Waals surface area contributed by atoms with Crippen molar-refractivity contribution in [2.75, 3.05) is 30.4 Å². The van der Waals surface area contributed by atoms with Crippen LogP contribution in [-0.2, 0) is 21.2 Å². The highest BCUT2D eigenvalue weighted by Crippen LogP contribution is 2.37. The lowest BCUT2D eigenvalue weighted by Crippen LogP contribution is -2.33. The Bertz CT molecular complexity index is 1020. The third-order valence-corrected chi connectivity index (χ3v) is 6.24. The molecule has 0 spiro atoms. The second-order valence-electron chi connectivity index (χ2n) is 6.36. The Morgan fingerprint density at radius 2 is 1.86 bits per heavy atom. The molecule has 150 valence electrons. The van der Waals surface area contributed by atoms with Crippen LogP contribution in [0.2, 0.25) is 5.02 Å². The first kappa shape index (κ1) is 20.3. The van der Waals surface area contributed by atoms with E-state index >= 15 is 0 Å². The molecule has 1 N–H and O–H groups in total. The molecule has 2 aromatic carbocycles. The third kappa shape index (κ3) is 3.88. The summed E-state index contributed by atoms with van der Waals surface area (Å²) in [5.41, 5.74) is 1.79. The van der Waals surface area contributed by atoms with Gasteiger partial charge in [0.15, 0.2) is 0 Å². The molecule has 0 atom stereocenters. The molecule has 1 heterocycles. The SMILES string of the molecule is COc1cc(NS(=O)(=O)c2ccc3c(c2)CCCN3C(C)=O)c(OC)cc1Cl. The topological polar surface area (TPSA) is 84.9 Å². The Kier molecular flexibility index (Phi) is 5.71. The van der Waals surface area contributed by atoms with E-state index in [1.165, 1.54) is 39.3 Å². The predicted octanol–water partition coefficient (Wildman–Crippen LogP) is 3.46. The van der Waals surface area contributed by atoms with Gasteiger partial charge < -0.3 is 14.4 Å². The zero-order valence-electron chi connectivity index (χ0n) is 15.8. The maximum Gasteiger partial charge on any atom is 0.262 e. The van der Waals surface area contributed by atoms with Crippen molar-refractivity contribution in [2.45, 2.75) is 24.7 Å². The van der Waals surface area contributed by atoms with Gasteiger partial charge in [0.05, 0.1) is 29.8 Å². The summed E-state index contributed by atoms with van der Waals surface area (Å²) >= 11 is 6.07. The predicted molar refractivity (Wildman–Crippen MR) is 108 cm³/mol. The van der Waals surface area contributed by atoms with Gasteiger partial charge in [0, 0.05) is 31.3 Å². The Labute approximate surface area is 169 Å². The maximum absolute atomic E-state index is 12.9. The molecule has 3 rings (SSSR count). The van der Waals surface area contributed by atoms with Gasteiger partial charge in [-0.05, 0) is 36.6 Å². The number of rotatable bonds is 5. The fraction of sp³-hybridized carbons (Fsp3) is 0.316. The smallest absolute Gasteiger partial charge is 0.262 e. The number of nitrogens with zero attached hydrogens (tertiary/aromatic N) is 1. The first-order valence-electron chi connectivity index (χ1n) is 8.62. The third-order valence-electron chi connectivity index (χ3n) is 4.58. The molecule has 1 aliphatic heterocycles. The lowest BCUT2D eigenvalue weighted by atomic mass is 10.0. The number of amides is 1. The van der Waals surface area contributed by atoms with Gasteiger partial charge in [0.25, 0.3) is 10.0 Å². The Morgan fingerprint density at radius 3 is 2.50 bits per heavy atom. The minimum absolute atomic E-state index is 0.0623. The molecule has 0 fully saturated rings. The van der Waals surface area contributed by atoms with Crippen LogP contribution in [0.5, 0.6) is 11.5 Å². The van der Waals surface area contributed by atoms with E-state index in [1.807, 2.05) is 0 Å². The lowest BCUT2D eigenvalue weighted by Gasteiger charge is -2.28. The monoisotopic (exact) mass is 424 g/mol. The van der Waals surface area contributed by atoms with Crippen LogP contribution in [0.1, 0.15) is 18.9 Å². The number of ether oxygens (including phenoxy) is 2. The largest absolute Gasteiger partial charge is 0.495 e. The summed E-state index contributed by atoms with van der Waals surface area (Å²) in [7, 11) is -1.02. The van der Waals surface area contributed by atoms with E-state index in [9.17, 15) is 13.2 Å². The van der Waals surface area contributed by atoms with Crippen LogP contribution in [0, 0.1) is 0 Å². The van der Waals surface area contributed by atoms with Crippen molar-refractivity contribution in [3.8, 4) is 11.5 Å². The zero-order valence-corrected chi connectivity index (χ0v) is 17.4. The van der Waals surface area contributed by atoms with Crippen LogP contribution in [-0.4, -0.2) is 35.1 Å². The summed E-state index contributed by atoms with van der Waals surface area (Å²) in [6.07, 6.45) is 1.49. The van der Waals surface area contributed by atoms with Crippen LogP contribution in [0.25, 0.3) is 0 Å². The molecule has 2 aromatic rings. The van der Waals surface area contributed by atoms with Crippen LogP contribution >= 0.6 is 11.6 Å². The van der Waals surface area contributed by atoms with Gasteiger partial charge in [0.2, 0.25) is 5.91 Å². The number of aryl methyl sites for hydroxylation is 1. The number of sulfonamides is 1. The molecule has 0 saturated carbocycles. The summed E-state index contributed by atoms with van der Waals surface area (Å²) in [6, 6.07) is 7.71. The van der Waals surface area contributed by atoms with Crippen molar-refractivity contribution in [1.82, 2.24) is 0 Å². The van der Waals surface area contributed by atoms with Gasteiger partial charge in [-0.3, -0.25) is 9.52 Å². The van der Waals surface area contributed by atoms with Crippen molar-refractivity contribution in [3.05, 3.63) is 40.9 Å². The highest BCUT2D eigenvalue weighted by Gasteiger charge is 2.24. The Morgan fingerprint density at radius 1 is 1.14 bits per heavy atom. The normalized spacial score (nSPS) is 13.6. The summed E-state index contributed by atoms with van der Waals surface area (Å²) in [5.74, 6) is 0.533. The number of fused-ring (bicyclic) bond motifs is 1. The first-order chi connectivity index (χ1) is 13.3. The van der Waals surface area contributed by atoms with Gasteiger partial charge in [-0.25, -0.2) is 8.42 Å². The van der Waals surface area contributed by atoms with E-state index in [4.69, 9.17) is 21.1 Å². The average Bonchev–Trinajstić information content (AvgIpc) is 2.67. The van der Waals surface area contributed by atoms with Crippen LogP contribution in [0.3, 0.4) is 0 Å². The number of hydrogen-bond acceptors (Lipinski definition) is 5. The Hall–Kier alpha value is -2.45. The second kappa shape index (κ2) is 7.89. The lowest BCUT2D eigenvalue weighted by molar-refractivity contribution is -0.116. The van der Waals surface area contributed by atoms with Crippen molar-refractivity contribution in [1.29, 1.82) is 0 Å². The molecule has 0 aliphatic carbocycles. The van der Waals surface area contributed by atoms with Crippen molar-refractivity contribution < 1.29 is 22.7 Å². The molecule has 0 radical (unpaired) electrons.